The van der Waals surface area contributed by atoms with Gasteiger partial charge in [-0.3, -0.25) is 0 Å². The topological polar surface area (TPSA) is 40.5 Å². The van der Waals surface area contributed by atoms with E-state index in [9.17, 15) is 35.8 Å². The van der Waals surface area contributed by atoms with E-state index in [1.165, 1.54) is 0 Å². The number of alkyl halides is 9. The van der Waals surface area contributed by atoms with Crippen molar-refractivity contribution in [3.05, 3.63) is 47.3 Å². The molecule has 0 radical (unpaired) electrons. The molecule has 2 N–H and O–H groups in total. The van der Waals surface area contributed by atoms with Gasteiger partial charge in [-0.1, -0.05) is 18.2 Å². The van der Waals surface area contributed by atoms with Gasteiger partial charge in [0.05, 0.1) is 0 Å². The van der Waals surface area contributed by atoms with E-state index < -0.39 is 51.9 Å². The Bertz CT molecular complexity index is 777. The van der Waals surface area contributed by atoms with Crippen molar-refractivity contribution < 1.29 is 49.7 Å². The number of hydrogen-bond acceptors (Lipinski definition) is 2. The van der Waals surface area contributed by atoms with Crippen LogP contribution in [0.2, 0.25) is 0 Å². The summed E-state index contributed by atoms with van der Waals surface area (Å²) < 4.78 is 127. The molecule has 3 aliphatic rings. The largest absolute Gasteiger partial charge is 0.508 e. The van der Waals surface area contributed by atoms with Crippen LogP contribution in [0.15, 0.2) is 47.3 Å². The third-order valence-corrected chi connectivity index (χ3v) is 4.50. The predicted molar refractivity (Wildman–Crippen MR) is 64.6 cm³/mol. The number of aliphatic hydroxyl groups is 2. The second-order valence-electron chi connectivity index (χ2n) is 5.82. The van der Waals surface area contributed by atoms with Crippen molar-refractivity contribution in [3.8, 4) is 0 Å². The molecule has 0 bridgehead atoms. The second-order valence-corrected chi connectivity index (χ2v) is 5.82. The fourth-order valence-corrected chi connectivity index (χ4v) is 3.12. The van der Waals surface area contributed by atoms with Gasteiger partial charge in [0, 0.05) is 11.6 Å². The Morgan fingerprint density at radius 1 is 0.720 bits per heavy atom. The summed E-state index contributed by atoms with van der Waals surface area (Å²) in [6, 6.07) is 0. The highest BCUT2D eigenvalue weighted by molar-refractivity contribution is 5.60. The molecule has 3 atom stereocenters. The summed E-state index contributed by atoms with van der Waals surface area (Å²) in [5.41, 5.74) is -13.5. The van der Waals surface area contributed by atoms with E-state index >= 15 is 8.78 Å². The van der Waals surface area contributed by atoms with E-state index in [-0.39, 0.29) is 12.2 Å². The fourth-order valence-electron chi connectivity index (χ4n) is 3.12. The minimum Gasteiger partial charge on any atom is -0.508 e. The van der Waals surface area contributed by atoms with Crippen molar-refractivity contribution in [2.75, 3.05) is 0 Å². The first kappa shape index (κ1) is 17.9. The van der Waals surface area contributed by atoms with Crippen LogP contribution in [0.4, 0.5) is 39.5 Å². The van der Waals surface area contributed by atoms with Gasteiger partial charge in [-0.2, -0.15) is 30.7 Å². The number of aliphatic hydroxyl groups excluding tert-OH is 1. The van der Waals surface area contributed by atoms with Crippen molar-refractivity contribution in [1.29, 1.82) is 0 Å². The first-order chi connectivity index (χ1) is 11.1. The molecule has 0 aromatic rings. The Kier molecular flexibility index (Phi) is 3.04. The van der Waals surface area contributed by atoms with Crippen molar-refractivity contribution in [3.63, 3.8) is 0 Å². The molecule has 1 saturated carbocycles. The molecular weight excluding hydrogens is 371 g/mol. The summed E-state index contributed by atoms with van der Waals surface area (Å²) in [4.78, 5) is 0. The lowest BCUT2D eigenvalue weighted by atomic mass is 9.59. The summed E-state index contributed by atoms with van der Waals surface area (Å²) in [5.74, 6) is -26.6. The molecule has 138 valence electrons. The van der Waals surface area contributed by atoms with Gasteiger partial charge in [0.15, 0.2) is 0 Å². The predicted octanol–water partition coefficient (Wildman–Crippen LogP) is 3.86. The Labute approximate surface area is 133 Å². The number of hydrogen-bond donors (Lipinski definition) is 2. The molecule has 3 aliphatic carbocycles. The Hall–Kier alpha value is -1.91. The van der Waals surface area contributed by atoms with Crippen LogP contribution in [0.25, 0.3) is 0 Å². The summed E-state index contributed by atoms with van der Waals surface area (Å²) in [5, 5.41) is 18.4. The minimum atomic E-state index is -6.80. The Morgan fingerprint density at radius 2 is 1.28 bits per heavy atom. The fraction of sp³-hybridized carbons (Fsp3) is 0.429. The van der Waals surface area contributed by atoms with Crippen LogP contribution >= 0.6 is 0 Å². The zero-order valence-electron chi connectivity index (χ0n) is 11.7. The van der Waals surface area contributed by atoms with Crippen molar-refractivity contribution in [2.24, 2.45) is 0 Å². The van der Waals surface area contributed by atoms with E-state index in [2.05, 4.69) is 0 Å². The first-order valence-corrected chi connectivity index (χ1v) is 6.55. The van der Waals surface area contributed by atoms with Gasteiger partial charge in [0.25, 0.3) is 0 Å². The quantitative estimate of drug-likeness (QED) is 0.629. The summed E-state index contributed by atoms with van der Waals surface area (Å²) in [6.07, 6.45) is 1.12. The lowest BCUT2D eigenvalue weighted by Crippen LogP contribution is -2.81. The van der Waals surface area contributed by atoms with Gasteiger partial charge in [0.1, 0.15) is 5.76 Å². The number of rotatable bonds is 0. The van der Waals surface area contributed by atoms with Gasteiger partial charge in [-0.25, -0.2) is 8.78 Å². The van der Waals surface area contributed by atoms with Crippen LogP contribution in [0.1, 0.15) is 0 Å². The minimum absolute atomic E-state index is 0.148. The van der Waals surface area contributed by atoms with Crippen LogP contribution in [0.3, 0.4) is 0 Å². The maximum absolute atomic E-state index is 15.2. The average molecular weight is 378 g/mol. The molecule has 0 saturated heterocycles. The molecule has 0 amide bonds. The molecule has 2 nitrogen and oxygen atoms in total. The lowest BCUT2D eigenvalue weighted by Gasteiger charge is -2.55. The third-order valence-electron chi connectivity index (χ3n) is 4.50. The van der Waals surface area contributed by atoms with E-state index in [1.54, 1.807) is 0 Å². The summed E-state index contributed by atoms with van der Waals surface area (Å²) in [7, 11) is 0. The first-order valence-electron chi connectivity index (χ1n) is 6.55. The van der Waals surface area contributed by atoms with E-state index in [0.29, 0.717) is 18.2 Å². The second kappa shape index (κ2) is 4.25. The van der Waals surface area contributed by atoms with Crippen molar-refractivity contribution in [1.82, 2.24) is 0 Å². The van der Waals surface area contributed by atoms with Crippen LogP contribution in [-0.4, -0.2) is 45.2 Å². The maximum atomic E-state index is 15.2. The van der Waals surface area contributed by atoms with E-state index in [0.717, 1.165) is 0 Å². The van der Waals surface area contributed by atoms with Crippen LogP contribution in [0, 0.1) is 0 Å². The van der Waals surface area contributed by atoms with E-state index in [4.69, 9.17) is 5.11 Å². The standard InChI is InChI=1S/C14H7F9O2/c15-9-5-7(24)3-1-6(9)2-4-8-10(9,16)12(18,19)14(22,23)13(20,21)11(8,17)25/h1-5,24-25H. The molecule has 0 heterocycles. The highest BCUT2D eigenvalue weighted by Gasteiger charge is 2.95. The van der Waals surface area contributed by atoms with Crippen LogP contribution < -0.4 is 0 Å². The van der Waals surface area contributed by atoms with Gasteiger partial charge in [-0.05, 0) is 11.6 Å². The molecule has 1 fully saturated rings. The van der Waals surface area contributed by atoms with Crippen LogP contribution in [0.5, 0.6) is 0 Å². The molecule has 0 aliphatic heterocycles. The van der Waals surface area contributed by atoms with Gasteiger partial charge in [0.2, 0.25) is 11.3 Å². The van der Waals surface area contributed by atoms with Gasteiger partial charge < -0.3 is 10.2 Å². The molecule has 3 unspecified atom stereocenters. The van der Waals surface area contributed by atoms with Crippen molar-refractivity contribution >= 4 is 0 Å². The molecule has 11 heteroatoms. The molecule has 0 aromatic heterocycles. The molecule has 0 spiro atoms. The Morgan fingerprint density at radius 3 is 1.84 bits per heavy atom. The van der Waals surface area contributed by atoms with E-state index in [1.807, 2.05) is 0 Å². The van der Waals surface area contributed by atoms with Gasteiger partial charge in [-0.15, -0.1) is 0 Å². The van der Waals surface area contributed by atoms with Crippen molar-refractivity contribution in [2.45, 2.75) is 35.0 Å². The Balaban J connectivity index is 2.44. The number of halogens is 9. The molecular formula is C14H7F9O2. The summed E-state index contributed by atoms with van der Waals surface area (Å²) >= 11 is 0. The average Bonchev–Trinajstić information content (AvgIpc) is 2.46. The highest BCUT2D eigenvalue weighted by Crippen LogP contribution is 2.70. The molecule has 25 heavy (non-hydrogen) atoms. The number of allylic oxidation sites excluding steroid dienone is 6. The summed E-state index contributed by atoms with van der Waals surface area (Å²) in [6.45, 7) is 0. The van der Waals surface area contributed by atoms with Gasteiger partial charge >= 0.3 is 23.6 Å². The smallest absolute Gasteiger partial charge is 0.382 e. The normalized spacial score (nSPS) is 43.4. The zero-order chi connectivity index (χ0) is 19.3. The van der Waals surface area contributed by atoms with Crippen LogP contribution in [-0.2, 0) is 0 Å². The molecule has 3 rings (SSSR count). The number of fused-ring (bicyclic) bond motifs is 3. The SMILES string of the molecule is OC1=CC2(F)C(=CC=C3C(O)(F)C(F)(F)C(F)(F)C(F)(F)C32F)C=C1. The zero-order valence-corrected chi connectivity index (χ0v) is 11.7. The monoisotopic (exact) mass is 378 g/mol. The lowest BCUT2D eigenvalue weighted by molar-refractivity contribution is -0.423. The highest BCUT2D eigenvalue weighted by atomic mass is 19.4. The molecule has 0 aromatic carbocycles. The third kappa shape index (κ3) is 1.54. The maximum Gasteiger partial charge on any atom is 0.382 e.